The lowest BCUT2D eigenvalue weighted by atomic mass is 10.6. The lowest BCUT2D eigenvalue weighted by Crippen LogP contribution is -2.31. The SMILES string of the molecule is O=P([O-])(O)CN(CCO)CP(=O)(O)O.[NH4+]. The highest BCUT2D eigenvalue weighted by Crippen LogP contribution is 2.38. The zero-order valence-corrected chi connectivity index (χ0v) is 9.97. The molecule has 0 aromatic carbocycles. The second kappa shape index (κ2) is 6.70. The van der Waals surface area contributed by atoms with E-state index in [1.165, 1.54) is 0 Å². The Kier molecular flexibility index (Phi) is 7.84. The maximum absolute atomic E-state index is 10.5. The molecule has 94 valence electrons. The third-order valence-electron chi connectivity index (χ3n) is 1.18. The number of rotatable bonds is 6. The van der Waals surface area contributed by atoms with Crippen LogP contribution in [0.4, 0.5) is 0 Å². The normalized spacial score (nSPS) is 15.9. The van der Waals surface area contributed by atoms with Crippen LogP contribution in [0.5, 0.6) is 0 Å². The highest BCUT2D eigenvalue weighted by Gasteiger charge is 2.21. The lowest BCUT2D eigenvalue weighted by Gasteiger charge is -2.26. The summed E-state index contributed by atoms with van der Waals surface area (Å²) in [5.74, 6) is 0. The highest BCUT2D eigenvalue weighted by molar-refractivity contribution is 7.52. The fourth-order valence-corrected chi connectivity index (χ4v) is 2.51. The van der Waals surface area contributed by atoms with Gasteiger partial charge in [0.2, 0.25) is 0 Å². The number of nitrogens with zero attached hydrogens (tertiary/aromatic N) is 1. The molecule has 0 radical (unpaired) electrons. The van der Waals surface area contributed by atoms with Gasteiger partial charge in [0.15, 0.2) is 0 Å². The Hall–Kier alpha value is 0.180. The Labute approximate surface area is 86.6 Å². The summed E-state index contributed by atoms with van der Waals surface area (Å²) in [7, 11) is -9.01. The van der Waals surface area contributed by atoms with Gasteiger partial charge in [0, 0.05) is 6.54 Å². The van der Waals surface area contributed by atoms with Gasteiger partial charge in [-0.05, 0) is 0 Å². The van der Waals surface area contributed by atoms with E-state index in [2.05, 4.69) is 0 Å². The van der Waals surface area contributed by atoms with E-state index in [0.717, 1.165) is 4.90 Å². The molecule has 9 nitrogen and oxygen atoms in total. The molecule has 0 aromatic heterocycles. The van der Waals surface area contributed by atoms with E-state index < -0.39 is 34.4 Å². The number of hydrogen-bond donors (Lipinski definition) is 5. The molecule has 11 heteroatoms. The van der Waals surface area contributed by atoms with Crippen LogP contribution in [-0.2, 0) is 9.13 Å². The first kappa shape index (κ1) is 17.6. The number of quaternary nitrogens is 1. The molecule has 0 saturated carbocycles. The summed E-state index contributed by atoms with van der Waals surface area (Å²) in [5.41, 5.74) is 0. The van der Waals surface area contributed by atoms with Gasteiger partial charge in [0.25, 0.3) is 0 Å². The van der Waals surface area contributed by atoms with Crippen molar-refractivity contribution in [1.82, 2.24) is 11.1 Å². The Balaban J connectivity index is 0. The Morgan fingerprint density at radius 3 is 1.87 bits per heavy atom. The van der Waals surface area contributed by atoms with Gasteiger partial charge in [-0.3, -0.25) is 9.46 Å². The summed E-state index contributed by atoms with van der Waals surface area (Å²) in [5, 5.41) is 8.46. The maximum atomic E-state index is 10.5. The highest BCUT2D eigenvalue weighted by atomic mass is 31.2. The number of aliphatic hydroxyl groups is 1. The van der Waals surface area contributed by atoms with Crippen LogP contribution in [0.3, 0.4) is 0 Å². The van der Waals surface area contributed by atoms with Gasteiger partial charge in [-0.2, -0.15) is 0 Å². The molecule has 0 aromatic rings. The Bertz CT molecular complexity index is 236. The van der Waals surface area contributed by atoms with E-state index in [4.69, 9.17) is 19.8 Å². The Morgan fingerprint density at radius 1 is 1.13 bits per heavy atom. The van der Waals surface area contributed by atoms with Gasteiger partial charge in [-0.15, -0.1) is 0 Å². The second-order valence-corrected chi connectivity index (χ2v) is 5.87. The summed E-state index contributed by atoms with van der Waals surface area (Å²) in [4.78, 5) is 36.7. The van der Waals surface area contributed by atoms with Crippen LogP contribution < -0.4 is 11.0 Å². The average Bonchev–Trinajstić information content (AvgIpc) is 1.78. The molecule has 0 aliphatic heterocycles. The van der Waals surface area contributed by atoms with E-state index in [9.17, 15) is 14.0 Å². The molecule has 0 aliphatic rings. The standard InChI is InChI=1S/C4H13NO7P2.H3N/c6-2-1-5(3-13(7,8)9)4-14(10,11)12;/h6H,1-4H2,(H2,7,8,9)(H2,10,11,12);1H3. The van der Waals surface area contributed by atoms with Gasteiger partial charge >= 0.3 is 7.60 Å². The number of aliphatic hydroxyl groups excluding tert-OH is 1. The predicted octanol–water partition coefficient (Wildman–Crippen LogP) is -1.70. The molecule has 0 bridgehead atoms. The molecule has 0 fully saturated rings. The molecule has 0 heterocycles. The summed E-state index contributed by atoms with van der Waals surface area (Å²) < 4.78 is 20.9. The van der Waals surface area contributed by atoms with Crippen molar-refractivity contribution in [2.75, 3.05) is 25.7 Å². The van der Waals surface area contributed by atoms with Crippen LogP contribution in [0.25, 0.3) is 0 Å². The van der Waals surface area contributed by atoms with Crippen molar-refractivity contribution in [3.8, 4) is 0 Å². The summed E-state index contributed by atoms with van der Waals surface area (Å²) >= 11 is 0. The van der Waals surface area contributed by atoms with E-state index in [0.29, 0.717) is 0 Å². The maximum Gasteiger partial charge on any atom is 0.339 e. The van der Waals surface area contributed by atoms with Crippen LogP contribution in [0.2, 0.25) is 0 Å². The van der Waals surface area contributed by atoms with Crippen molar-refractivity contribution in [3.63, 3.8) is 0 Å². The molecule has 0 amide bonds. The molecular formula is C4H16N2O7P2. The minimum atomic E-state index is -4.62. The first-order valence-electron chi connectivity index (χ1n) is 3.55. The van der Waals surface area contributed by atoms with Crippen molar-refractivity contribution in [3.05, 3.63) is 0 Å². The molecule has 1 unspecified atom stereocenters. The van der Waals surface area contributed by atoms with Crippen LogP contribution in [0.1, 0.15) is 0 Å². The Morgan fingerprint density at radius 2 is 1.60 bits per heavy atom. The van der Waals surface area contributed by atoms with Crippen LogP contribution in [0.15, 0.2) is 0 Å². The zero-order valence-electron chi connectivity index (χ0n) is 8.18. The molecule has 0 spiro atoms. The molecule has 0 saturated heterocycles. The molecule has 15 heavy (non-hydrogen) atoms. The van der Waals surface area contributed by atoms with Gasteiger partial charge in [-0.25, -0.2) is 0 Å². The topological polar surface area (TPSA) is 178 Å². The van der Waals surface area contributed by atoms with E-state index in [1.54, 1.807) is 0 Å². The minimum Gasteiger partial charge on any atom is -0.778 e. The molecule has 1 atom stereocenters. The molecule has 0 aliphatic carbocycles. The van der Waals surface area contributed by atoms with Crippen molar-refractivity contribution in [2.24, 2.45) is 0 Å². The van der Waals surface area contributed by atoms with Crippen molar-refractivity contribution in [1.29, 1.82) is 0 Å². The van der Waals surface area contributed by atoms with Crippen LogP contribution in [-0.4, -0.2) is 50.4 Å². The smallest absolute Gasteiger partial charge is 0.339 e. The predicted molar refractivity (Wildman–Crippen MR) is 51.4 cm³/mol. The number of hydrogen-bond acceptors (Lipinski definition) is 5. The molecule has 0 rings (SSSR count). The van der Waals surface area contributed by atoms with Crippen LogP contribution in [0, 0.1) is 0 Å². The second-order valence-electron chi connectivity index (χ2n) is 2.70. The zero-order chi connectivity index (χ0) is 11.4. The summed E-state index contributed by atoms with van der Waals surface area (Å²) in [6.45, 7) is -0.697. The fraction of sp³-hybridized carbons (Fsp3) is 1.00. The largest absolute Gasteiger partial charge is 0.778 e. The average molecular weight is 266 g/mol. The summed E-state index contributed by atoms with van der Waals surface area (Å²) in [6, 6.07) is 0. The van der Waals surface area contributed by atoms with Crippen molar-refractivity contribution in [2.45, 2.75) is 0 Å². The van der Waals surface area contributed by atoms with Gasteiger partial charge in [0.05, 0.1) is 12.9 Å². The summed E-state index contributed by atoms with van der Waals surface area (Å²) in [6.07, 6.45) is -1.71. The monoisotopic (exact) mass is 266 g/mol. The van der Waals surface area contributed by atoms with E-state index >= 15 is 0 Å². The van der Waals surface area contributed by atoms with Gasteiger partial charge < -0.3 is 35.4 Å². The molecule has 8 N–H and O–H groups in total. The van der Waals surface area contributed by atoms with Crippen molar-refractivity contribution >= 4 is 15.2 Å². The van der Waals surface area contributed by atoms with Crippen LogP contribution >= 0.6 is 15.2 Å². The van der Waals surface area contributed by atoms with Gasteiger partial charge in [-0.1, -0.05) is 0 Å². The third kappa shape index (κ3) is 12.1. The lowest BCUT2D eigenvalue weighted by molar-refractivity contribution is -0.195. The first-order valence-corrected chi connectivity index (χ1v) is 7.11. The van der Waals surface area contributed by atoms with Crippen molar-refractivity contribution < 1.29 is 33.8 Å². The minimum absolute atomic E-state index is 0. The molecular weight excluding hydrogens is 250 g/mol. The quantitative estimate of drug-likeness (QED) is 0.353. The van der Waals surface area contributed by atoms with E-state index in [1.807, 2.05) is 0 Å². The third-order valence-corrected chi connectivity index (χ3v) is 2.71. The fourth-order valence-electron chi connectivity index (χ4n) is 0.841. The van der Waals surface area contributed by atoms with E-state index in [-0.39, 0.29) is 12.7 Å². The van der Waals surface area contributed by atoms with Gasteiger partial charge in [0.1, 0.15) is 13.9 Å². The first-order chi connectivity index (χ1) is 6.14.